The van der Waals surface area contributed by atoms with Crippen LogP contribution in [0.3, 0.4) is 0 Å². The number of nitrogens with one attached hydrogen (secondary N) is 2. The van der Waals surface area contributed by atoms with E-state index in [-0.39, 0.29) is 12.3 Å². The summed E-state index contributed by atoms with van der Waals surface area (Å²) in [5.74, 6) is -1.17. The highest BCUT2D eigenvalue weighted by Crippen LogP contribution is 2.11. The second-order valence-electron chi connectivity index (χ2n) is 3.87. The number of imide groups is 1. The number of aromatic nitrogens is 1. The molecule has 1 aromatic rings. The van der Waals surface area contributed by atoms with Gasteiger partial charge >= 0.3 is 0 Å². The second kappa shape index (κ2) is 5.26. The summed E-state index contributed by atoms with van der Waals surface area (Å²) in [7, 11) is 0. The summed E-state index contributed by atoms with van der Waals surface area (Å²) in [5.41, 5.74) is 0.356. The first-order valence-corrected chi connectivity index (χ1v) is 6.10. The van der Waals surface area contributed by atoms with Gasteiger partial charge in [-0.1, -0.05) is 0 Å². The molecular weight excluding hydrogens is 302 g/mol. The molecule has 1 aromatic heterocycles. The molecule has 1 aliphatic heterocycles. The van der Waals surface area contributed by atoms with E-state index in [4.69, 9.17) is 0 Å². The van der Waals surface area contributed by atoms with E-state index >= 15 is 0 Å². The number of carbonyl (C=O) groups is 3. The molecule has 1 aliphatic rings. The number of nitrogens with zero attached hydrogens (tertiary/aromatic N) is 1. The third-order valence-corrected chi connectivity index (χ3v) is 2.95. The van der Waals surface area contributed by atoms with Crippen LogP contribution in [0.25, 0.3) is 0 Å². The van der Waals surface area contributed by atoms with Gasteiger partial charge in [-0.25, -0.2) is 0 Å². The lowest BCUT2D eigenvalue weighted by Gasteiger charge is -2.21. The molecular formula is C11H10BrN3O3. The Morgan fingerprint density at radius 1 is 1.44 bits per heavy atom. The lowest BCUT2D eigenvalue weighted by molar-refractivity contribution is -0.134. The lowest BCUT2D eigenvalue weighted by Crippen LogP contribution is -2.52. The second-order valence-corrected chi connectivity index (χ2v) is 4.78. The molecule has 7 heteroatoms. The average Bonchev–Trinajstić information content (AvgIpc) is 2.32. The maximum Gasteiger partial charge on any atom is 0.253 e. The number of pyridine rings is 1. The maximum absolute atomic E-state index is 11.9. The van der Waals surface area contributed by atoms with Crippen LogP contribution >= 0.6 is 15.9 Å². The van der Waals surface area contributed by atoms with Gasteiger partial charge in [-0.15, -0.1) is 0 Å². The van der Waals surface area contributed by atoms with E-state index in [0.717, 1.165) is 0 Å². The lowest BCUT2D eigenvalue weighted by atomic mass is 10.1. The zero-order valence-corrected chi connectivity index (χ0v) is 10.9. The highest BCUT2D eigenvalue weighted by atomic mass is 79.9. The Balaban J connectivity index is 2.03. The Labute approximate surface area is 111 Å². The number of carbonyl (C=O) groups excluding carboxylic acids is 3. The maximum atomic E-state index is 11.9. The zero-order valence-electron chi connectivity index (χ0n) is 9.27. The molecule has 0 saturated carbocycles. The van der Waals surface area contributed by atoms with E-state index in [2.05, 4.69) is 31.5 Å². The van der Waals surface area contributed by atoms with Crippen molar-refractivity contribution in [1.29, 1.82) is 0 Å². The summed E-state index contributed by atoms with van der Waals surface area (Å²) in [6.45, 7) is 0. The van der Waals surface area contributed by atoms with Crippen molar-refractivity contribution >= 4 is 33.7 Å². The molecule has 94 valence electrons. The van der Waals surface area contributed by atoms with E-state index in [1.165, 1.54) is 6.20 Å². The van der Waals surface area contributed by atoms with Crippen molar-refractivity contribution in [3.8, 4) is 0 Å². The summed E-state index contributed by atoms with van der Waals surface area (Å²) in [4.78, 5) is 38.1. The average molecular weight is 312 g/mol. The van der Waals surface area contributed by atoms with E-state index in [1.807, 2.05) is 0 Å². The van der Waals surface area contributed by atoms with Gasteiger partial charge in [-0.2, -0.15) is 0 Å². The van der Waals surface area contributed by atoms with Gasteiger partial charge in [-0.05, 0) is 28.4 Å². The molecule has 0 aromatic carbocycles. The molecule has 2 N–H and O–H groups in total. The topological polar surface area (TPSA) is 88.2 Å². The number of halogens is 1. The van der Waals surface area contributed by atoms with Crippen molar-refractivity contribution in [1.82, 2.24) is 15.6 Å². The first-order chi connectivity index (χ1) is 8.56. The predicted octanol–water partition coefficient (Wildman–Crippen LogP) is 0.379. The number of hydrogen-bond acceptors (Lipinski definition) is 4. The highest BCUT2D eigenvalue weighted by Gasteiger charge is 2.28. The molecule has 1 fully saturated rings. The molecule has 1 atom stereocenters. The molecule has 0 radical (unpaired) electrons. The van der Waals surface area contributed by atoms with E-state index in [1.54, 1.807) is 12.3 Å². The van der Waals surface area contributed by atoms with Crippen LogP contribution in [-0.2, 0) is 9.59 Å². The van der Waals surface area contributed by atoms with Crippen molar-refractivity contribution in [2.24, 2.45) is 0 Å². The number of piperidine rings is 1. The van der Waals surface area contributed by atoms with Crippen LogP contribution in [0, 0.1) is 0 Å². The van der Waals surface area contributed by atoms with Crippen LogP contribution in [0.4, 0.5) is 0 Å². The first-order valence-electron chi connectivity index (χ1n) is 5.31. The molecule has 1 saturated heterocycles. The van der Waals surface area contributed by atoms with Crippen molar-refractivity contribution in [2.75, 3.05) is 0 Å². The first kappa shape index (κ1) is 12.7. The predicted molar refractivity (Wildman–Crippen MR) is 65.6 cm³/mol. The number of amides is 3. The third kappa shape index (κ3) is 2.92. The smallest absolute Gasteiger partial charge is 0.253 e. The largest absolute Gasteiger partial charge is 0.340 e. The minimum atomic E-state index is -0.672. The number of rotatable bonds is 2. The fourth-order valence-electron chi connectivity index (χ4n) is 1.61. The van der Waals surface area contributed by atoms with Crippen LogP contribution in [0.2, 0.25) is 0 Å². The van der Waals surface area contributed by atoms with E-state index in [9.17, 15) is 14.4 Å². The van der Waals surface area contributed by atoms with Gasteiger partial charge in [0.25, 0.3) is 5.91 Å². The fraction of sp³-hybridized carbons (Fsp3) is 0.273. The Kier molecular flexibility index (Phi) is 3.71. The standard InChI is InChI=1S/C11H10BrN3O3/c12-7-3-6(4-13-5-7)10(17)14-8-1-2-9(16)15-11(8)18/h3-5,8H,1-2H2,(H,14,17)(H,15,16,18). The quantitative estimate of drug-likeness (QED) is 0.773. The van der Waals surface area contributed by atoms with Gasteiger partial charge < -0.3 is 5.32 Å². The molecule has 0 aliphatic carbocycles. The summed E-state index contributed by atoms with van der Waals surface area (Å²) in [6.07, 6.45) is 3.51. The summed E-state index contributed by atoms with van der Waals surface area (Å²) in [6, 6.07) is 0.933. The molecule has 18 heavy (non-hydrogen) atoms. The molecule has 2 heterocycles. The highest BCUT2D eigenvalue weighted by molar-refractivity contribution is 9.10. The Morgan fingerprint density at radius 2 is 2.22 bits per heavy atom. The third-order valence-electron chi connectivity index (χ3n) is 2.51. The van der Waals surface area contributed by atoms with Gasteiger partial charge in [0.15, 0.2) is 0 Å². The Bertz CT molecular complexity index is 518. The molecule has 2 rings (SSSR count). The Hall–Kier alpha value is -1.76. The SMILES string of the molecule is O=C1CCC(NC(=O)c2cncc(Br)c2)C(=O)N1. The zero-order chi connectivity index (χ0) is 13.1. The molecule has 0 spiro atoms. The van der Waals surface area contributed by atoms with Gasteiger partial charge in [-0.3, -0.25) is 24.7 Å². The molecule has 3 amide bonds. The van der Waals surface area contributed by atoms with Crippen molar-refractivity contribution in [3.05, 3.63) is 28.5 Å². The van der Waals surface area contributed by atoms with E-state index in [0.29, 0.717) is 16.5 Å². The van der Waals surface area contributed by atoms with Gasteiger partial charge in [0, 0.05) is 23.3 Å². The minimum absolute atomic E-state index is 0.230. The van der Waals surface area contributed by atoms with Crippen LogP contribution in [-0.4, -0.2) is 28.7 Å². The van der Waals surface area contributed by atoms with Gasteiger partial charge in [0.1, 0.15) is 6.04 Å². The van der Waals surface area contributed by atoms with Crippen LogP contribution in [0.15, 0.2) is 22.9 Å². The summed E-state index contributed by atoms with van der Waals surface area (Å²) in [5, 5.41) is 4.75. The van der Waals surface area contributed by atoms with E-state index < -0.39 is 17.9 Å². The summed E-state index contributed by atoms with van der Waals surface area (Å²) >= 11 is 3.21. The van der Waals surface area contributed by atoms with Crippen LogP contribution in [0.1, 0.15) is 23.2 Å². The minimum Gasteiger partial charge on any atom is -0.340 e. The van der Waals surface area contributed by atoms with Gasteiger partial charge in [0.2, 0.25) is 11.8 Å². The van der Waals surface area contributed by atoms with Gasteiger partial charge in [0.05, 0.1) is 5.56 Å². The van der Waals surface area contributed by atoms with Crippen LogP contribution in [0.5, 0.6) is 0 Å². The van der Waals surface area contributed by atoms with Crippen LogP contribution < -0.4 is 10.6 Å². The van der Waals surface area contributed by atoms with Crippen molar-refractivity contribution in [3.63, 3.8) is 0 Å². The fourth-order valence-corrected chi connectivity index (χ4v) is 1.97. The molecule has 0 bridgehead atoms. The molecule has 6 nitrogen and oxygen atoms in total. The van der Waals surface area contributed by atoms with Crippen molar-refractivity contribution in [2.45, 2.75) is 18.9 Å². The normalized spacial score (nSPS) is 19.3. The molecule has 1 unspecified atom stereocenters. The summed E-state index contributed by atoms with van der Waals surface area (Å²) < 4.78 is 0.679. The monoisotopic (exact) mass is 311 g/mol. The van der Waals surface area contributed by atoms with Crippen molar-refractivity contribution < 1.29 is 14.4 Å². The number of hydrogen-bond donors (Lipinski definition) is 2. The Morgan fingerprint density at radius 3 is 2.89 bits per heavy atom.